The molecule has 0 bridgehead atoms. The minimum Gasteiger partial charge on any atom is -0.312 e. The second kappa shape index (κ2) is 4.30. The van der Waals surface area contributed by atoms with Gasteiger partial charge in [0.25, 0.3) is 0 Å². The molecule has 1 heterocycles. The highest BCUT2D eigenvalue weighted by atomic mass is 127. The summed E-state index contributed by atoms with van der Waals surface area (Å²) in [5.74, 6) is 0. The highest BCUT2D eigenvalue weighted by molar-refractivity contribution is 14.1. The molecule has 2 rings (SSSR count). The van der Waals surface area contributed by atoms with Crippen LogP contribution in [0.4, 0.5) is 0 Å². The van der Waals surface area contributed by atoms with Gasteiger partial charge < -0.3 is 5.32 Å². The Morgan fingerprint density at radius 3 is 2.44 bits per heavy atom. The Balaban J connectivity index is 2.33. The molecule has 0 saturated carbocycles. The van der Waals surface area contributed by atoms with Gasteiger partial charge >= 0.3 is 0 Å². The first kappa shape index (κ1) is 12.4. The first-order valence-electron chi connectivity index (χ1n) is 5.88. The summed E-state index contributed by atoms with van der Waals surface area (Å²) < 4.78 is 0.161. The van der Waals surface area contributed by atoms with Crippen LogP contribution in [-0.4, -0.2) is 16.5 Å². The van der Waals surface area contributed by atoms with Crippen LogP contribution in [0.25, 0.3) is 0 Å². The van der Waals surface area contributed by atoms with Gasteiger partial charge in [-0.1, -0.05) is 60.7 Å². The van der Waals surface area contributed by atoms with Crippen LogP contribution in [0.3, 0.4) is 0 Å². The third-order valence-electron chi connectivity index (χ3n) is 3.22. The van der Waals surface area contributed by atoms with Crippen LogP contribution < -0.4 is 5.32 Å². The molecule has 0 amide bonds. The monoisotopic (exact) mass is 329 g/mol. The lowest BCUT2D eigenvalue weighted by Gasteiger charge is -2.23. The number of alkyl halides is 1. The van der Waals surface area contributed by atoms with Crippen molar-refractivity contribution in [3.63, 3.8) is 0 Å². The molecule has 0 aromatic carbocycles. The van der Waals surface area contributed by atoms with Crippen molar-refractivity contribution in [3.05, 3.63) is 35.5 Å². The van der Waals surface area contributed by atoms with Crippen LogP contribution in [0, 0.1) is 5.41 Å². The number of hydrogen-bond donors (Lipinski definition) is 1. The highest BCUT2D eigenvalue weighted by Crippen LogP contribution is 2.33. The summed E-state index contributed by atoms with van der Waals surface area (Å²) in [6.45, 7) is 9.02. The van der Waals surface area contributed by atoms with Gasteiger partial charge in [-0.05, 0) is 29.9 Å². The molecule has 88 valence electrons. The van der Waals surface area contributed by atoms with Gasteiger partial charge in [-0.2, -0.15) is 0 Å². The van der Waals surface area contributed by atoms with E-state index in [-0.39, 0.29) is 3.42 Å². The van der Waals surface area contributed by atoms with Crippen molar-refractivity contribution in [1.82, 2.24) is 5.32 Å². The van der Waals surface area contributed by atoms with Crippen LogP contribution in [0.5, 0.6) is 0 Å². The van der Waals surface area contributed by atoms with Gasteiger partial charge in [0.15, 0.2) is 0 Å². The number of hydrogen-bond acceptors (Lipinski definition) is 1. The van der Waals surface area contributed by atoms with Gasteiger partial charge in [-0.25, -0.2) is 0 Å². The molecule has 0 fully saturated rings. The fourth-order valence-corrected chi connectivity index (χ4v) is 2.61. The molecule has 1 unspecified atom stereocenters. The normalized spacial score (nSPS) is 33.2. The van der Waals surface area contributed by atoms with Crippen molar-refractivity contribution < 1.29 is 0 Å². The van der Waals surface area contributed by atoms with E-state index in [1.54, 1.807) is 0 Å². The molecule has 2 heteroatoms. The molecule has 0 radical (unpaired) electrons. The van der Waals surface area contributed by atoms with Crippen molar-refractivity contribution in [2.24, 2.45) is 5.41 Å². The molecule has 16 heavy (non-hydrogen) atoms. The molecular formula is C14H20IN. The van der Waals surface area contributed by atoms with E-state index >= 15 is 0 Å². The molecule has 1 N–H and O–H groups in total. The lowest BCUT2D eigenvalue weighted by atomic mass is 9.85. The highest BCUT2D eigenvalue weighted by Gasteiger charge is 2.25. The van der Waals surface area contributed by atoms with Crippen molar-refractivity contribution >= 4 is 22.6 Å². The maximum atomic E-state index is 3.55. The zero-order valence-electron chi connectivity index (χ0n) is 10.3. The molecule has 0 aromatic rings. The molecule has 1 aliphatic heterocycles. The molecule has 0 aromatic heterocycles. The number of allylic oxidation sites excluding steroid dienone is 4. The fraction of sp³-hybridized carbons (Fsp3) is 0.571. The quantitative estimate of drug-likeness (QED) is 0.529. The van der Waals surface area contributed by atoms with E-state index in [1.807, 2.05) is 0 Å². The van der Waals surface area contributed by atoms with Crippen LogP contribution >= 0.6 is 22.6 Å². The van der Waals surface area contributed by atoms with E-state index in [0.717, 1.165) is 13.1 Å². The van der Waals surface area contributed by atoms with Crippen molar-refractivity contribution in [2.75, 3.05) is 13.1 Å². The molecule has 2 aliphatic rings. The number of halogens is 1. The summed E-state index contributed by atoms with van der Waals surface area (Å²) in [5.41, 5.74) is 3.33. The average Bonchev–Trinajstić information content (AvgIpc) is 2.38. The van der Waals surface area contributed by atoms with Gasteiger partial charge in [0.2, 0.25) is 0 Å². The zero-order chi connectivity index (χ0) is 11.8. The van der Waals surface area contributed by atoms with E-state index in [4.69, 9.17) is 0 Å². The summed E-state index contributed by atoms with van der Waals surface area (Å²) in [7, 11) is 0. The minimum absolute atomic E-state index is 0.161. The Kier molecular flexibility index (Phi) is 3.32. The molecule has 0 saturated heterocycles. The van der Waals surface area contributed by atoms with Crippen molar-refractivity contribution in [3.8, 4) is 0 Å². The van der Waals surface area contributed by atoms with Gasteiger partial charge in [0.05, 0.1) is 3.42 Å². The summed E-state index contributed by atoms with van der Waals surface area (Å²) in [6.07, 6.45) is 10.4. The predicted octanol–water partition coefficient (Wildman–Crippen LogP) is 3.62. The molecular weight excluding hydrogens is 309 g/mol. The molecule has 1 atom stereocenters. The van der Waals surface area contributed by atoms with E-state index in [9.17, 15) is 0 Å². The van der Waals surface area contributed by atoms with Gasteiger partial charge in [0, 0.05) is 13.1 Å². The molecule has 1 nitrogen and oxygen atoms in total. The molecule has 1 aliphatic carbocycles. The Hall–Kier alpha value is -0.0900. The fourth-order valence-electron chi connectivity index (χ4n) is 2.26. The van der Waals surface area contributed by atoms with E-state index < -0.39 is 0 Å². The Morgan fingerprint density at radius 2 is 1.75 bits per heavy atom. The summed E-state index contributed by atoms with van der Waals surface area (Å²) in [5, 5.41) is 3.55. The summed E-state index contributed by atoms with van der Waals surface area (Å²) in [6, 6.07) is 0. The SMILES string of the molecule is CC1(I)C=CC2=C(C=C1)CC(C)(C)CNC2. The van der Waals surface area contributed by atoms with Gasteiger partial charge in [-0.3, -0.25) is 0 Å². The summed E-state index contributed by atoms with van der Waals surface area (Å²) in [4.78, 5) is 0. The topological polar surface area (TPSA) is 12.0 Å². The molecule has 0 spiro atoms. The standard InChI is InChI=1S/C14H20IN/c1-13(2)8-11-4-6-14(3,15)7-5-12(11)9-16-10-13/h4-7,16H,8-10H2,1-3H3. The third kappa shape index (κ3) is 2.98. The smallest absolute Gasteiger partial charge is 0.0558 e. The largest absolute Gasteiger partial charge is 0.312 e. The van der Waals surface area contributed by atoms with E-state index in [1.165, 1.54) is 17.6 Å². The average molecular weight is 329 g/mol. The lowest BCUT2D eigenvalue weighted by Crippen LogP contribution is -2.27. The Morgan fingerprint density at radius 1 is 1.12 bits per heavy atom. The number of nitrogens with one attached hydrogen (secondary N) is 1. The van der Waals surface area contributed by atoms with E-state index in [2.05, 4.69) is 73.0 Å². The first-order chi connectivity index (χ1) is 7.38. The van der Waals surface area contributed by atoms with Gasteiger partial charge in [0.1, 0.15) is 0 Å². The first-order valence-corrected chi connectivity index (χ1v) is 6.96. The second-order valence-corrected chi connectivity index (χ2v) is 8.14. The third-order valence-corrected chi connectivity index (χ3v) is 3.94. The summed E-state index contributed by atoms with van der Waals surface area (Å²) >= 11 is 2.49. The van der Waals surface area contributed by atoms with Crippen molar-refractivity contribution in [2.45, 2.75) is 30.6 Å². The van der Waals surface area contributed by atoms with Crippen LogP contribution in [-0.2, 0) is 0 Å². The van der Waals surface area contributed by atoms with Crippen molar-refractivity contribution in [1.29, 1.82) is 0 Å². The predicted molar refractivity (Wildman–Crippen MR) is 79.0 cm³/mol. The Bertz CT molecular complexity index is 372. The minimum atomic E-state index is 0.161. The maximum Gasteiger partial charge on any atom is 0.0558 e. The zero-order valence-corrected chi connectivity index (χ0v) is 12.5. The van der Waals surface area contributed by atoms with Gasteiger partial charge in [-0.15, -0.1) is 0 Å². The van der Waals surface area contributed by atoms with Crippen LogP contribution in [0.2, 0.25) is 0 Å². The maximum absolute atomic E-state index is 3.55. The lowest BCUT2D eigenvalue weighted by molar-refractivity contribution is 0.354. The second-order valence-electron chi connectivity index (χ2n) is 5.81. The number of rotatable bonds is 0. The van der Waals surface area contributed by atoms with Crippen LogP contribution in [0.15, 0.2) is 35.5 Å². The van der Waals surface area contributed by atoms with E-state index in [0.29, 0.717) is 5.41 Å². The van der Waals surface area contributed by atoms with Crippen LogP contribution in [0.1, 0.15) is 27.2 Å². The Labute approximate surface area is 112 Å².